The van der Waals surface area contributed by atoms with Crippen molar-refractivity contribution < 1.29 is 9.52 Å². The summed E-state index contributed by atoms with van der Waals surface area (Å²) in [5.74, 6) is -0.0638. The van der Waals surface area contributed by atoms with Crippen LogP contribution in [-0.4, -0.2) is 5.11 Å². The van der Waals surface area contributed by atoms with Crippen molar-refractivity contribution in [3.63, 3.8) is 0 Å². The van der Waals surface area contributed by atoms with Gasteiger partial charge in [0.05, 0.1) is 18.6 Å². The first kappa shape index (κ1) is 12.7. The largest absolute Gasteiger partial charge is 0.472 e. The van der Waals surface area contributed by atoms with Gasteiger partial charge in [0, 0.05) is 11.5 Å². The lowest BCUT2D eigenvalue weighted by Crippen LogP contribution is -2.08. The van der Waals surface area contributed by atoms with E-state index in [4.69, 9.17) is 4.42 Å². The van der Waals surface area contributed by atoms with E-state index in [-0.39, 0.29) is 5.92 Å². The Kier molecular flexibility index (Phi) is 4.37. The highest BCUT2D eigenvalue weighted by Crippen LogP contribution is 2.32. The van der Waals surface area contributed by atoms with E-state index in [9.17, 15) is 5.11 Å². The van der Waals surface area contributed by atoms with Crippen LogP contribution < -0.4 is 0 Å². The fourth-order valence-electron chi connectivity index (χ4n) is 2.00. The van der Waals surface area contributed by atoms with Gasteiger partial charge in [-0.2, -0.15) is 0 Å². The minimum absolute atomic E-state index is 0.0638. The summed E-state index contributed by atoms with van der Waals surface area (Å²) in [6, 6.07) is 11.6. The molecule has 94 valence electrons. The molecule has 2 atom stereocenters. The number of furan rings is 1. The van der Waals surface area contributed by atoms with Crippen LogP contribution in [0.2, 0.25) is 0 Å². The molecule has 1 aromatic carbocycles. The highest BCUT2D eigenvalue weighted by Gasteiger charge is 2.20. The molecule has 2 aromatic rings. The van der Waals surface area contributed by atoms with Crippen molar-refractivity contribution in [2.75, 3.05) is 0 Å². The molecule has 0 spiro atoms. The number of hydrogen-bond donors (Lipinski definition) is 1. The van der Waals surface area contributed by atoms with Crippen LogP contribution in [0.1, 0.15) is 36.5 Å². The smallest absolute Gasteiger partial charge is 0.0941 e. The molecule has 0 saturated carbocycles. The minimum atomic E-state index is -0.549. The van der Waals surface area contributed by atoms with Gasteiger partial charge in [0.25, 0.3) is 0 Å². The third kappa shape index (κ3) is 2.90. The SMILES string of the molecule is CCC=C[C@H](c1ccoc1)[C@H](O)c1ccccc1. The Morgan fingerprint density at radius 2 is 1.94 bits per heavy atom. The second-order valence-corrected chi connectivity index (χ2v) is 4.27. The Balaban J connectivity index is 2.27. The monoisotopic (exact) mass is 242 g/mol. The van der Waals surface area contributed by atoms with E-state index in [0.717, 1.165) is 17.5 Å². The van der Waals surface area contributed by atoms with Crippen molar-refractivity contribution >= 4 is 0 Å². The van der Waals surface area contributed by atoms with E-state index in [1.165, 1.54) is 0 Å². The predicted octanol–water partition coefficient (Wildman–Crippen LogP) is 4.06. The zero-order valence-corrected chi connectivity index (χ0v) is 10.5. The van der Waals surface area contributed by atoms with Gasteiger partial charge in [0.15, 0.2) is 0 Å². The van der Waals surface area contributed by atoms with E-state index >= 15 is 0 Å². The Morgan fingerprint density at radius 3 is 2.56 bits per heavy atom. The third-order valence-corrected chi connectivity index (χ3v) is 2.99. The second-order valence-electron chi connectivity index (χ2n) is 4.27. The zero-order valence-electron chi connectivity index (χ0n) is 10.5. The summed E-state index contributed by atoms with van der Waals surface area (Å²) in [5, 5.41) is 10.5. The Hall–Kier alpha value is -1.80. The van der Waals surface area contributed by atoms with Crippen LogP contribution in [-0.2, 0) is 0 Å². The lowest BCUT2D eigenvalue weighted by molar-refractivity contribution is 0.161. The summed E-state index contributed by atoms with van der Waals surface area (Å²) in [6.45, 7) is 2.08. The number of aliphatic hydroxyl groups is 1. The predicted molar refractivity (Wildman–Crippen MR) is 72.3 cm³/mol. The summed E-state index contributed by atoms with van der Waals surface area (Å²) in [4.78, 5) is 0. The Labute approximate surface area is 108 Å². The molecule has 2 heteroatoms. The van der Waals surface area contributed by atoms with Gasteiger partial charge in [-0.05, 0) is 18.1 Å². The molecule has 0 aliphatic heterocycles. The first-order chi connectivity index (χ1) is 8.83. The zero-order chi connectivity index (χ0) is 12.8. The van der Waals surface area contributed by atoms with Gasteiger partial charge in [-0.1, -0.05) is 49.4 Å². The molecule has 1 heterocycles. The molecule has 1 aromatic heterocycles. The van der Waals surface area contributed by atoms with Crippen LogP contribution in [0, 0.1) is 0 Å². The molecule has 0 aliphatic carbocycles. The fraction of sp³-hybridized carbons (Fsp3) is 0.250. The first-order valence-corrected chi connectivity index (χ1v) is 6.24. The van der Waals surface area contributed by atoms with Crippen LogP contribution >= 0.6 is 0 Å². The van der Waals surface area contributed by atoms with Gasteiger partial charge in [-0.3, -0.25) is 0 Å². The normalized spacial score (nSPS) is 14.8. The van der Waals surface area contributed by atoms with Crippen LogP contribution in [0.4, 0.5) is 0 Å². The van der Waals surface area contributed by atoms with Crippen LogP contribution in [0.15, 0.2) is 65.5 Å². The van der Waals surface area contributed by atoms with E-state index in [0.29, 0.717) is 0 Å². The summed E-state index contributed by atoms with van der Waals surface area (Å²) in [7, 11) is 0. The number of benzene rings is 1. The van der Waals surface area contributed by atoms with E-state index in [1.54, 1.807) is 12.5 Å². The maximum atomic E-state index is 10.5. The lowest BCUT2D eigenvalue weighted by atomic mass is 9.90. The molecule has 0 bridgehead atoms. The molecule has 0 aliphatic rings. The van der Waals surface area contributed by atoms with E-state index < -0.39 is 6.10 Å². The topological polar surface area (TPSA) is 33.4 Å². The van der Waals surface area contributed by atoms with Gasteiger partial charge in [-0.15, -0.1) is 0 Å². The second kappa shape index (κ2) is 6.22. The maximum absolute atomic E-state index is 10.5. The number of aliphatic hydroxyl groups excluding tert-OH is 1. The average Bonchev–Trinajstić information content (AvgIpc) is 2.94. The van der Waals surface area contributed by atoms with Gasteiger partial charge in [-0.25, -0.2) is 0 Å². The fourth-order valence-corrected chi connectivity index (χ4v) is 2.00. The first-order valence-electron chi connectivity index (χ1n) is 6.24. The molecule has 0 fully saturated rings. The number of rotatable bonds is 5. The number of hydrogen-bond acceptors (Lipinski definition) is 2. The Bertz CT molecular complexity index is 471. The molecule has 0 saturated heterocycles. The molecule has 2 rings (SSSR count). The average molecular weight is 242 g/mol. The lowest BCUT2D eigenvalue weighted by Gasteiger charge is -2.19. The summed E-state index contributed by atoms with van der Waals surface area (Å²) in [6.07, 6.45) is 7.85. The van der Waals surface area contributed by atoms with E-state index in [1.807, 2.05) is 42.5 Å². The molecule has 18 heavy (non-hydrogen) atoms. The summed E-state index contributed by atoms with van der Waals surface area (Å²) in [5.41, 5.74) is 1.92. The molecule has 2 nitrogen and oxygen atoms in total. The summed E-state index contributed by atoms with van der Waals surface area (Å²) >= 11 is 0. The molecular weight excluding hydrogens is 224 g/mol. The van der Waals surface area contributed by atoms with Crippen LogP contribution in [0.3, 0.4) is 0 Å². The minimum Gasteiger partial charge on any atom is -0.472 e. The van der Waals surface area contributed by atoms with Crippen molar-refractivity contribution in [3.8, 4) is 0 Å². The maximum Gasteiger partial charge on any atom is 0.0941 e. The van der Waals surface area contributed by atoms with Crippen molar-refractivity contribution in [1.29, 1.82) is 0 Å². The van der Waals surface area contributed by atoms with Crippen molar-refractivity contribution in [1.82, 2.24) is 0 Å². The van der Waals surface area contributed by atoms with Crippen LogP contribution in [0.5, 0.6) is 0 Å². The number of allylic oxidation sites excluding steroid dienone is 1. The highest BCUT2D eigenvalue weighted by atomic mass is 16.3. The Morgan fingerprint density at radius 1 is 1.17 bits per heavy atom. The molecule has 0 unspecified atom stereocenters. The van der Waals surface area contributed by atoms with Crippen molar-refractivity contribution in [3.05, 3.63) is 72.2 Å². The third-order valence-electron chi connectivity index (χ3n) is 2.99. The van der Waals surface area contributed by atoms with Crippen LogP contribution in [0.25, 0.3) is 0 Å². The van der Waals surface area contributed by atoms with Gasteiger partial charge >= 0.3 is 0 Å². The van der Waals surface area contributed by atoms with E-state index in [2.05, 4.69) is 13.0 Å². The van der Waals surface area contributed by atoms with Gasteiger partial charge in [0.1, 0.15) is 0 Å². The highest BCUT2D eigenvalue weighted by molar-refractivity contribution is 5.28. The molecule has 0 radical (unpaired) electrons. The van der Waals surface area contributed by atoms with Crippen molar-refractivity contribution in [2.45, 2.75) is 25.4 Å². The van der Waals surface area contributed by atoms with Gasteiger partial charge in [0.2, 0.25) is 0 Å². The van der Waals surface area contributed by atoms with Crippen molar-refractivity contribution in [2.24, 2.45) is 0 Å². The molecular formula is C16H18O2. The molecule has 1 N–H and O–H groups in total. The summed E-state index contributed by atoms with van der Waals surface area (Å²) < 4.78 is 5.12. The molecule has 0 amide bonds. The standard InChI is InChI=1S/C16H18O2/c1-2-3-9-15(14-10-11-18-12-14)16(17)13-7-5-4-6-8-13/h3-12,15-17H,2H2,1H3/t15-,16-/m1/s1. The van der Waals surface area contributed by atoms with Gasteiger partial charge < -0.3 is 9.52 Å². The quantitative estimate of drug-likeness (QED) is 0.802.